The molecule has 2 aromatic heterocycles. The first-order valence-electron chi connectivity index (χ1n) is 9.32. The van der Waals surface area contributed by atoms with Crippen molar-refractivity contribution in [3.63, 3.8) is 0 Å². The molecule has 1 amide bonds. The molecule has 0 radical (unpaired) electrons. The third kappa shape index (κ3) is 3.60. The summed E-state index contributed by atoms with van der Waals surface area (Å²) in [5.41, 5.74) is 3.70. The second-order valence-electron chi connectivity index (χ2n) is 6.75. The summed E-state index contributed by atoms with van der Waals surface area (Å²) in [6, 6.07) is 17.9. The van der Waals surface area contributed by atoms with Crippen molar-refractivity contribution in [3.05, 3.63) is 99.7 Å². The van der Waals surface area contributed by atoms with Crippen molar-refractivity contribution in [1.29, 1.82) is 0 Å². The summed E-state index contributed by atoms with van der Waals surface area (Å²) < 4.78 is 6.41. The molecule has 0 bridgehead atoms. The van der Waals surface area contributed by atoms with Gasteiger partial charge in [0.25, 0.3) is 11.5 Å². The fourth-order valence-corrected chi connectivity index (χ4v) is 3.29. The lowest BCUT2D eigenvalue weighted by Crippen LogP contribution is -2.23. The lowest BCUT2D eigenvalue weighted by Gasteiger charge is -2.13. The molecule has 0 spiro atoms. The highest BCUT2D eigenvalue weighted by Crippen LogP contribution is 2.23. The van der Waals surface area contributed by atoms with Crippen LogP contribution in [0.4, 0.5) is 0 Å². The molecule has 0 saturated carbocycles. The minimum Gasteiger partial charge on any atom is -0.494 e. The van der Waals surface area contributed by atoms with Crippen molar-refractivity contribution in [3.8, 4) is 5.88 Å². The standard InChI is InChI=1S/C23H19N3O4/c1-15-17(11-12-30-15)21(27)25-24-13-20-18-9-5-6-10-19(18)22(28)26(23(20)29)14-16-7-3-2-4-8-16/h2-13,29H,14H2,1H3,(H,25,27). The molecule has 0 atom stereocenters. The lowest BCUT2D eigenvalue weighted by molar-refractivity contribution is 0.0953. The zero-order chi connectivity index (χ0) is 21.1. The summed E-state index contributed by atoms with van der Waals surface area (Å²) in [6.45, 7) is 1.88. The maximum absolute atomic E-state index is 13.0. The largest absolute Gasteiger partial charge is 0.494 e. The van der Waals surface area contributed by atoms with E-state index in [2.05, 4.69) is 10.5 Å². The van der Waals surface area contributed by atoms with E-state index in [9.17, 15) is 14.7 Å². The average Bonchev–Trinajstić information content (AvgIpc) is 3.20. The fourth-order valence-electron chi connectivity index (χ4n) is 3.29. The Labute approximate surface area is 171 Å². The molecule has 30 heavy (non-hydrogen) atoms. The number of rotatable bonds is 5. The van der Waals surface area contributed by atoms with Crippen LogP contribution in [-0.4, -0.2) is 21.8 Å². The van der Waals surface area contributed by atoms with Gasteiger partial charge in [0.1, 0.15) is 5.76 Å². The molecular formula is C23H19N3O4. The molecule has 0 fully saturated rings. The number of benzene rings is 2. The Morgan fingerprint density at radius 2 is 1.80 bits per heavy atom. The number of nitrogens with one attached hydrogen (secondary N) is 1. The minimum atomic E-state index is -0.432. The second kappa shape index (κ2) is 8.08. The number of hydrogen-bond acceptors (Lipinski definition) is 5. The number of aryl methyl sites for hydroxylation is 1. The molecule has 7 nitrogen and oxygen atoms in total. The molecule has 2 N–H and O–H groups in total. The Bertz CT molecular complexity index is 1300. The van der Waals surface area contributed by atoms with Crippen LogP contribution in [0.3, 0.4) is 0 Å². The summed E-state index contributed by atoms with van der Waals surface area (Å²) >= 11 is 0. The number of nitrogens with zero attached hydrogens (tertiary/aromatic N) is 2. The normalized spacial score (nSPS) is 11.2. The van der Waals surface area contributed by atoms with Crippen LogP contribution in [0.15, 0.2) is 81.2 Å². The van der Waals surface area contributed by atoms with Gasteiger partial charge in [-0.3, -0.25) is 14.2 Å². The molecule has 7 heteroatoms. The molecule has 2 heterocycles. The van der Waals surface area contributed by atoms with Gasteiger partial charge in [0.15, 0.2) is 0 Å². The van der Waals surface area contributed by atoms with Crippen LogP contribution < -0.4 is 11.0 Å². The van der Waals surface area contributed by atoms with Crippen molar-refractivity contribution in [2.24, 2.45) is 5.10 Å². The van der Waals surface area contributed by atoms with Crippen LogP contribution in [0.25, 0.3) is 10.8 Å². The predicted octanol–water partition coefficient (Wildman–Crippen LogP) is 3.42. The topological polar surface area (TPSA) is 96.8 Å². The Balaban J connectivity index is 1.74. The first kappa shape index (κ1) is 19.2. The number of hydrogen-bond donors (Lipinski definition) is 2. The van der Waals surface area contributed by atoms with Gasteiger partial charge in [-0.2, -0.15) is 5.10 Å². The summed E-state index contributed by atoms with van der Waals surface area (Å²) in [4.78, 5) is 25.2. The SMILES string of the molecule is Cc1occc1C(=O)NN=Cc1c(O)n(Cc2ccccc2)c(=O)c2ccccc12. The number of furan rings is 1. The van der Waals surface area contributed by atoms with Gasteiger partial charge >= 0.3 is 0 Å². The van der Waals surface area contributed by atoms with Gasteiger partial charge in [-0.15, -0.1) is 0 Å². The number of amides is 1. The quantitative estimate of drug-likeness (QED) is 0.396. The maximum atomic E-state index is 13.0. The Kier molecular flexibility index (Phi) is 5.17. The van der Waals surface area contributed by atoms with E-state index in [1.54, 1.807) is 37.3 Å². The van der Waals surface area contributed by atoms with E-state index in [1.165, 1.54) is 17.0 Å². The van der Waals surface area contributed by atoms with Gasteiger partial charge in [-0.1, -0.05) is 48.5 Å². The number of carbonyl (C=O) groups is 1. The van der Waals surface area contributed by atoms with Crippen LogP contribution in [0.5, 0.6) is 5.88 Å². The number of fused-ring (bicyclic) bond motifs is 1. The highest BCUT2D eigenvalue weighted by atomic mass is 16.3. The van der Waals surface area contributed by atoms with E-state index in [4.69, 9.17) is 4.42 Å². The number of aromatic hydroxyl groups is 1. The zero-order valence-electron chi connectivity index (χ0n) is 16.2. The highest BCUT2D eigenvalue weighted by molar-refractivity contribution is 6.02. The lowest BCUT2D eigenvalue weighted by atomic mass is 10.1. The Morgan fingerprint density at radius 3 is 2.50 bits per heavy atom. The average molecular weight is 401 g/mol. The predicted molar refractivity (Wildman–Crippen MR) is 114 cm³/mol. The summed E-state index contributed by atoms with van der Waals surface area (Å²) in [5.74, 6) is -0.175. The van der Waals surface area contributed by atoms with E-state index in [1.807, 2.05) is 30.3 Å². The minimum absolute atomic E-state index is 0.206. The molecule has 4 aromatic rings. The maximum Gasteiger partial charge on any atom is 0.274 e. The molecule has 150 valence electrons. The summed E-state index contributed by atoms with van der Waals surface area (Å²) in [5, 5.41) is 15.8. The van der Waals surface area contributed by atoms with Crippen molar-refractivity contribution in [2.75, 3.05) is 0 Å². The van der Waals surface area contributed by atoms with E-state index < -0.39 is 5.91 Å². The second-order valence-corrected chi connectivity index (χ2v) is 6.75. The number of aromatic nitrogens is 1. The van der Waals surface area contributed by atoms with Gasteiger partial charge < -0.3 is 9.52 Å². The van der Waals surface area contributed by atoms with Crippen LogP contribution in [0, 0.1) is 6.92 Å². The van der Waals surface area contributed by atoms with Crippen LogP contribution in [0.2, 0.25) is 0 Å². The molecule has 0 unspecified atom stereocenters. The molecule has 0 aliphatic heterocycles. The number of hydrazone groups is 1. The molecule has 0 aliphatic carbocycles. The first-order valence-corrected chi connectivity index (χ1v) is 9.32. The highest BCUT2D eigenvalue weighted by Gasteiger charge is 2.16. The number of pyridine rings is 1. The van der Waals surface area contributed by atoms with Crippen LogP contribution in [-0.2, 0) is 6.54 Å². The monoisotopic (exact) mass is 401 g/mol. The molecule has 0 aliphatic rings. The third-order valence-corrected chi connectivity index (χ3v) is 4.84. The molecule has 0 saturated heterocycles. The number of carbonyl (C=O) groups excluding carboxylic acids is 1. The van der Waals surface area contributed by atoms with Crippen LogP contribution >= 0.6 is 0 Å². The van der Waals surface area contributed by atoms with E-state index in [-0.39, 0.29) is 18.0 Å². The van der Waals surface area contributed by atoms with Crippen LogP contribution in [0.1, 0.15) is 27.2 Å². The van der Waals surface area contributed by atoms with E-state index in [0.717, 1.165) is 5.56 Å². The van der Waals surface area contributed by atoms with Crippen molar-refractivity contribution < 1.29 is 14.3 Å². The van der Waals surface area contributed by atoms with Crippen molar-refractivity contribution >= 4 is 22.9 Å². The Hall–Kier alpha value is -4.13. The van der Waals surface area contributed by atoms with Crippen molar-refractivity contribution in [2.45, 2.75) is 13.5 Å². The van der Waals surface area contributed by atoms with Gasteiger partial charge in [-0.25, -0.2) is 5.43 Å². The van der Waals surface area contributed by atoms with Gasteiger partial charge in [0, 0.05) is 10.8 Å². The molecular weight excluding hydrogens is 382 g/mol. The molecule has 4 rings (SSSR count). The Morgan fingerprint density at radius 1 is 1.10 bits per heavy atom. The van der Waals surface area contributed by atoms with E-state index in [0.29, 0.717) is 27.7 Å². The first-order chi connectivity index (χ1) is 14.6. The fraction of sp³-hybridized carbons (Fsp3) is 0.0870. The summed E-state index contributed by atoms with van der Waals surface area (Å²) in [6.07, 6.45) is 2.76. The van der Waals surface area contributed by atoms with Crippen molar-refractivity contribution in [1.82, 2.24) is 9.99 Å². The van der Waals surface area contributed by atoms with Gasteiger partial charge in [-0.05, 0) is 24.6 Å². The van der Waals surface area contributed by atoms with Gasteiger partial charge in [0.2, 0.25) is 5.88 Å². The third-order valence-electron chi connectivity index (χ3n) is 4.84. The zero-order valence-corrected chi connectivity index (χ0v) is 16.2. The molecule has 2 aromatic carbocycles. The van der Waals surface area contributed by atoms with Gasteiger partial charge in [0.05, 0.1) is 30.1 Å². The smallest absolute Gasteiger partial charge is 0.274 e. The van der Waals surface area contributed by atoms with E-state index >= 15 is 0 Å². The summed E-state index contributed by atoms with van der Waals surface area (Å²) in [7, 11) is 0.